The molecule has 0 aliphatic heterocycles. The molecule has 1 aromatic rings. The number of aliphatic hydroxyl groups excluding tert-OH is 1. The number of nitrogens with two attached hydrogens (primary N) is 1. The third-order valence-corrected chi connectivity index (χ3v) is 1.71. The molecule has 0 aliphatic carbocycles. The molecule has 0 heterocycles. The maximum Gasteiger partial charge on any atom is 0.248 e. The zero-order valence-corrected chi connectivity index (χ0v) is 6.96. The lowest BCUT2D eigenvalue weighted by atomic mass is 10.0. The minimum Gasteiger partial charge on any atom is -0.396 e. The van der Waals surface area contributed by atoms with Gasteiger partial charge in [0, 0.05) is 12.2 Å². The van der Waals surface area contributed by atoms with Crippen LogP contribution in [0.5, 0.6) is 0 Å². The second-order valence-electron chi connectivity index (χ2n) is 2.64. The Morgan fingerprint density at radius 2 is 2.23 bits per heavy atom. The van der Waals surface area contributed by atoms with Crippen LogP contribution in [0.4, 0.5) is 4.39 Å². The summed E-state index contributed by atoms with van der Waals surface area (Å²) in [4.78, 5) is 10.8. The van der Waals surface area contributed by atoms with E-state index in [1.165, 1.54) is 18.2 Å². The summed E-state index contributed by atoms with van der Waals surface area (Å²) in [6, 6.07) is 3.69. The second kappa shape index (κ2) is 4.00. The predicted octanol–water partition coefficient (Wildman–Crippen LogP) is 0.459. The van der Waals surface area contributed by atoms with Crippen molar-refractivity contribution in [2.24, 2.45) is 5.73 Å². The normalized spacial score (nSPS) is 10.0. The standard InChI is InChI=1S/C9H10FNO2/c10-7-1-2-8(9(11)13)6(5-7)3-4-12/h1-2,5,12H,3-4H2,(H2,11,13). The van der Waals surface area contributed by atoms with E-state index in [1.54, 1.807) is 0 Å². The van der Waals surface area contributed by atoms with Crippen molar-refractivity contribution in [3.05, 3.63) is 35.1 Å². The highest BCUT2D eigenvalue weighted by molar-refractivity contribution is 5.94. The summed E-state index contributed by atoms with van der Waals surface area (Å²) >= 11 is 0. The van der Waals surface area contributed by atoms with E-state index >= 15 is 0 Å². The van der Waals surface area contributed by atoms with Crippen molar-refractivity contribution in [2.75, 3.05) is 6.61 Å². The average Bonchev–Trinajstić information content (AvgIpc) is 2.04. The highest BCUT2D eigenvalue weighted by atomic mass is 19.1. The third-order valence-electron chi connectivity index (χ3n) is 1.71. The van der Waals surface area contributed by atoms with Crippen LogP contribution in [0, 0.1) is 5.82 Å². The van der Waals surface area contributed by atoms with Crippen LogP contribution in [0.15, 0.2) is 18.2 Å². The van der Waals surface area contributed by atoms with Crippen molar-refractivity contribution < 1.29 is 14.3 Å². The molecule has 0 spiro atoms. The quantitative estimate of drug-likeness (QED) is 0.715. The fourth-order valence-electron chi connectivity index (χ4n) is 1.13. The van der Waals surface area contributed by atoms with E-state index in [-0.39, 0.29) is 18.6 Å². The summed E-state index contributed by atoms with van der Waals surface area (Å²) < 4.78 is 12.7. The molecule has 1 amide bonds. The first kappa shape index (κ1) is 9.67. The van der Waals surface area contributed by atoms with Crippen molar-refractivity contribution >= 4 is 5.91 Å². The molecular formula is C9H10FNO2. The number of carbonyl (C=O) groups excluding carboxylic acids is 1. The molecule has 0 radical (unpaired) electrons. The Bertz CT molecular complexity index is 325. The van der Waals surface area contributed by atoms with Gasteiger partial charge in [-0.15, -0.1) is 0 Å². The molecule has 0 unspecified atom stereocenters. The topological polar surface area (TPSA) is 63.3 Å². The smallest absolute Gasteiger partial charge is 0.248 e. The lowest BCUT2D eigenvalue weighted by molar-refractivity contribution is 0.0999. The van der Waals surface area contributed by atoms with E-state index in [0.717, 1.165) is 0 Å². The maximum atomic E-state index is 12.7. The van der Waals surface area contributed by atoms with Gasteiger partial charge in [-0.2, -0.15) is 0 Å². The van der Waals surface area contributed by atoms with Gasteiger partial charge in [-0.25, -0.2) is 4.39 Å². The largest absolute Gasteiger partial charge is 0.396 e. The number of amides is 1. The zero-order valence-electron chi connectivity index (χ0n) is 6.96. The average molecular weight is 183 g/mol. The van der Waals surface area contributed by atoms with E-state index in [9.17, 15) is 9.18 Å². The molecule has 13 heavy (non-hydrogen) atoms. The molecule has 0 aliphatic rings. The van der Waals surface area contributed by atoms with Gasteiger partial charge in [-0.05, 0) is 30.2 Å². The third kappa shape index (κ3) is 2.26. The molecule has 3 nitrogen and oxygen atoms in total. The Hall–Kier alpha value is -1.42. The van der Waals surface area contributed by atoms with Gasteiger partial charge in [-0.1, -0.05) is 0 Å². The van der Waals surface area contributed by atoms with Crippen LogP contribution in [0.1, 0.15) is 15.9 Å². The number of benzene rings is 1. The monoisotopic (exact) mass is 183 g/mol. The number of primary amides is 1. The van der Waals surface area contributed by atoms with Gasteiger partial charge >= 0.3 is 0 Å². The summed E-state index contributed by atoms with van der Waals surface area (Å²) in [6.45, 7) is -0.135. The van der Waals surface area contributed by atoms with Gasteiger partial charge in [0.25, 0.3) is 0 Å². The number of halogens is 1. The van der Waals surface area contributed by atoms with Crippen molar-refractivity contribution in [3.8, 4) is 0 Å². The highest BCUT2D eigenvalue weighted by Gasteiger charge is 2.08. The fourth-order valence-corrected chi connectivity index (χ4v) is 1.13. The van der Waals surface area contributed by atoms with Crippen molar-refractivity contribution in [3.63, 3.8) is 0 Å². The summed E-state index contributed by atoms with van der Waals surface area (Å²) in [5, 5.41) is 8.64. The summed E-state index contributed by atoms with van der Waals surface area (Å²) in [7, 11) is 0. The van der Waals surface area contributed by atoms with Crippen LogP contribution < -0.4 is 5.73 Å². The van der Waals surface area contributed by atoms with Gasteiger partial charge in [0.05, 0.1) is 0 Å². The second-order valence-corrected chi connectivity index (χ2v) is 2.64. The van der Waals surface area contributed by atoms with E-state index in [2.05, 4.69) is 0 Å². The van der Waals surface area contributed by atoms with Crippen molar-refractivity contribution in [2.45, 2.75) is 6.42 Å². The molecule has 3 N–H and O–H groups in total. The minimum absolute atomic E-state index is 0.135. The molecule has 4 heteroatoms. The number of rotatable bonds is 3. The fraction of sp³-hybridized carbons (Fsp3) is 0.222. The van der Waals surface area contributed by atoms with Crippen LogP contribution in [0.3, 0.4) is 0 Å². The minimum atomic E-state index is -0.608. The lowest BCUT2D eigenvalue weighted by Gasteiger charge is -2.04. The van der Waals surface area contributed by atoms with Crippen LogP contribution in [-0.2, 0) is 6.42 Å². The maximum absolute atomic E-state index is 12.7. The summed E-state index contributed by atoms with van der Waals surface area (Å²) in [5.41, 5.74) is 5.75. The molecule has 1 aromatic carbocycles. The summed E-state index contributed by atoms with van der Waals surface area (Å²) in [5.74, 6) is -1.04. The molecule has 0 aromatic heterocycles. The molecule has 0 atom stereocenters. The Morgan fingerprint density at radius 3 is 2.77 bits per heavy atom. The lowest BCUT2D eigenvalue weighted by Crippen LogP contribution is -2.14. The van der Waals surface area contributed by atoms with Gasteiger partial charge < -0.3 is 10.8 Å². The van der Waals surface area contributed by atoms with E-state index in [1.807, 2.05) is 0 Å². The number of hydrogen-bond acceptors (Lipinski definition) is 2. The van der Waals surface area contributed by atoms with Crippen LogP contribution >= 0.6 is 0 Å². The van der Waals surface area contributed by atoms with E-state index < -0.39 is 11.7 Å². The Morgan fingerprint density at radius 1 is 1.54 bits per heavy atom. The Labute approximate surface area is 75.0 Å². The molecule has 0 saturated carbocycles. The van der Waals surface area contributed by atoms with E-state index in [0.29, 0.717) is 5.56 Å². The molecule has 0 saturated heterocycles. The number of aliphatic hydroxyl groups is 1. The predicted molar refractivity (Wildman–Crippen MR) is 45.7 cm³/mol. The van der Waals surface area contributed by atoms with Gasteiger partial charge in [0.15, 0.2) is 0 Å². The van der Waals surface area contributed by atoms with Gasteiger partial charge in [0.2, 0.25) is 5.91 Å². The Balaban J connectivity index is 3.10. The highest BCUT2D eigenvalue weighted by Crippen LogP contribution is 2.11. The number of hydrogen-bond donors (Lipinski definition) is 2. The van der Waals surface area contributed by atoms with Crippen LogP contribution in [-0.4, -0.2) is 17.6 Å². The molecule has 0 fully saturated rings. The molecular weight excluding hydrogens is 173 g/mol. The first-order valence-corrected chi connectivity index (χ1v) is 3.84. The van der Waals surface area contributed by atoms with Crippen LogP contribution in [0.25, 0.3) is 0 Å². The van der Waals surface area contributed by atoms with Crippen molar-refractivity contribution in [1.29, 1.82) is 0 Å². The first-order valence-electron chi connectivity index (χ1n) is 3.84. The van der Waals surface area contributed by atoms with Crippen LogP contribution in [0.2, 0.25) is 0 Å². The molecule has 70 valence electrons. The van der Waals surface area contributed by atoms with Gasteiger partial charge in [0.1, 0.15) is 5.82 Å². The number of carbonyl (C=O) groups is 1. The zero-order chi connectivity index (χ0) is 9.84. The Kier molecular flexibility index (Phi) is 2.97. The SMILES string of the molecule is NC(=O)c1ccc(F)cc1CCO. The van der Waals surface area contributed by atoms with E-state index in [4.69, 9.17) is 10.8 Å². The van der Waals surface area contributed by atoms with Gasteiger partial charge in [-0.3, -0.25) is 4.79 Å². The molecule has 0 bridgehead atoms. The van der Waals surface area contributed by atoms with Crippen molar-refractivity contribution in [1.82, 2.24) is 0 Å². The molecule has 1 rings (SSSR count). The first-order chi connectivity index (χ1) is 6.15. The summed E-state index contributed by atoms with van der Waals surface area (Å²) in [6.07, 6.45) is 0.232.